The smallest absolute Gasteiger partial charge is 0.421 e. The second-order valence-corrected chi connectivity index (χ2v) is 15.9. The largest absolute Gasteiger partial charge is 0.495 e. The number of nitrogens with one attached hydrogen (secondary N) is 1. The molecule has 0 aromatic heterocycles. The number of methoxy groups -OCH3 is 1. The minimum absolute atomic E-state index is 0.113. The Labute approximate surface area is 252 Å². The maximum Gasteiger partial charge on any atom is 0.421 e. The zero-order valence-electron chi connectivity index (χ0n) is 25.9. The molecule has 4 aliphatic rings. The highest BCUT2D eigenvalue weighted by molar-refractivity contribution is 7.90. The monoisotopic (exact) mass is 605 g/mol. The van der Waals surface area contributed by atoms with Crippen LogP contribution in [0.5, 0.6) is 5.75 Å². The van der Waals surface area contributed by atoms with Gasteiger partial charge in [-0.05, 0) is 116 Å². The maximum atomic E-state index is 12.7. The molecule has 236 valence electrons. The summed E-state index contributed by atoms with van der Waals surface area (Å²) in [7, 11) is -2.74. The summed E-state index contributed by atoms with van der Waals surface area (Å²) in [5.41, 5.74) is 0.298. The van der Waals surface area contributed by atoms with Crippen LogP contribution < -0.4 is 9.46 Å². The van der Waals surface area contributed by atoms with Crippen molar-refractivity contribution in [2.45, 2.75) is 103 Å². The van der Waals surface area contributed by atoms with Crippen molar-refractivity contribution < 1.29 is 32.9 Å². The first-order valence-electron chi connectivity index (χ1n) is 16.1. The fraction of sp³-hybridized carbons (Fsp3) is 0.788. The van der Waals surface area contributed by atoms with Crippen molar-refractivity contribution in [2.75, 3.05) is 13.7 Å². The summed E-state index contributed by atoms with van der Waals surface area (Å²) in [4.78, 5) is 12.3. The van der Waals surface area contributed by atoms with Gasteiger partial charge in [0.1, 0.15) is 10.6 Å². The van der Waals surface area contributed by atoms with Crippen LogP contribution in [0, 0.1) is 52.3 Å². The molecule has 9 heteroatoms. The number of aliphatic hydroxyl groups is 2. The van der Waals surface area contributed by atoms with E-state index in [4.69, 9.17) is 9.47 Å². The van der Waals surface area contributed by atoms with Gasteiger partial charge in [0.25, 0.3) is 10.0 Å². The highest BCUT2D eigenvalue weighted by atomic mass is 32.2. The number of sulfonamides is 1. The second kappa shape index (κ2) is 11.9. The van der Waals surface area contributed by atoms with E-state index in [1.807, 2.05) is 4.72 Å². The zero-order valence-corrected chi connectivity index (χ0v) is 26.7. The van der Waals surface area contributed by atoms with Crippen molar-refractivity contribution in [3.05, 3.63) is 24.3 Å². The van der Waals surface area contributed by atoms with Crippen LogP contribution in [0.25, 0.3) is 0 Å². The molecule has 4 fully saturated rings. The molecule has 0 bridgehead atoms. The Morgan fingerprint density at radius 1 is 1.05 bits per heavy atom. The van der Waals surface area contributed by atoms with Crippen LogP contribution in [0.15, 0.2) is 29.2 Å². The molecule has 11 atom stereocenters. The molecule has 3 N–H and O–H groups in total. The number of fused-ring (bicyclic) bond motifs is 5. The van der Waals surface area contributed by atoms with Crippen LogP contribution in [-0.4, -0.2) is 50.6 Å². The highest BCUT2D eigenvalue weighted by Gasteiger charge is 2.64. The Morgan fingerprint density at radius 3 is 2.45 bits per heavy atom. The average Bonchev–Trinajstić information content (AvgIpc) is 3.31. The Hall–Kier alpha value is -1.84. The topological polar surface area (TPSA) is 122 Å². The summed E-state index contributed by atoms with van der Waals surface area (Å²) in [5, 5.41) is 22.4. The summed E-state index contributed by atoms with van der Waals surface area (Å²) >= 11 is 0. The van der Waals surface area contributed by atoms with Gasteiger partial charge in [-0.3, -0.25) is 0 Å². The highest BCUT2D eigenvalue weighted by Crippen LogP contribution is 2.69. The SMILES string of the molecule is CC[C@H]1[C@@H](O)[C@@H]2[C@H](CC[C@]3(C)[C@@H]([C@H](C)CCOC(=O)NS(=O)(=O)c4ccccc4OC)CC[C@@H]23)[C@@]2(C)CC[C@@H](O)C[C@@H]12. The van der Waals surface area contributed by atoms with Gasteiger partial charge in [0.05, 0.1) is 25.9 Å². The van der Waals surface area contributed by atoms with E-state index in [0.29, 0.717) is 41.9 Å². The molecule has 0 aliphatic heterocycles. The van der Waals surface area contributed by atoms with E-state index in [1.165, 1.54) is 19.2 Å². The normalized spacial score (nSPS) is 40.3. The lowest BCUT2D eigenvalue weighted by molar-refractivity contribution is -0.203. The number of carbonyl (C=O) groups is 1. The molecule has 1 aromatic rings. The number of ether oxygens (including phenoxy) is 2. The van der Waals surface area contributed by atoms with Gasteiger partial charge in [-0.25, -0.2) is 17.9 Å². The number of hydrogen-bond acceptors (Lipinski definition) is 7. The van der Waals surface area contributed by atoms with Gasteiger partial charge in [0.2, 0.25) is 0 Å². The van der Waals surface area contributed by atoms with Crippen molar-refractivity contribution in [1.29, 1.82) is 0 Å². The Bertz CT molecular complexity index is 1240. The number of hydrogen-bond donors (Lipinski definition) is 3. The predicted molar refractivity (Wildman–Crippen MR) is 160 cm³/mol. The quantitative estimate of drug-likeness (QED) is 0.344. The standard InChI is InChI=1S/C33H51NO7S/c1-6-22-26-19-21(35)13-16-33(26,4)25-14-17-32(3)23(11-12-24(32)29(25)30(22)36)20(2)15-18-41-31(37)34-42(38,39)28-10-8-7-9-27(28)40-5/h7-10,20-26,29-30,35-36H,6,11-19H2,1-5H3,(H,34,37)/t20-,21-,22-,23-,24+,25+,26+,29+,30-,32-,33-/m1/s1. The van der Waals surface area contributed by atoms with Gasteiger partial charge in [0.15, 0.2) is 0 Å². The zero-order chi connectivity index (χ0) is 30.4. The number of para-hydroxylation sites is 1. The maximum absolute atomic E-state index is 12.7. The summed E-state index contributed by atoms with van der Waals surface area (Å²) in [5.74, 6) is 2.80. The molecule has 0 saturated heterocycles. The predicted octanol–water partition coefficient (Wildman–Crippen LogP) is 5.76. The van der Waals surface area contributed by atoms with E-state index in [-0.39, 0.29) is 46.2 Å². The minimum atomic E-state index is -4.12. The summed E-state index contributed by atoms with van der Waals surface area (Å²) < 4.78 is 37.9. The molecular formula is C33H51NO7S. The van der Waals surface area contributed by atoms with E-state index in [0.717, 1.165) is 51.4 Å². The number of carbonyl (C=O) groups excluding carboxylic acids is 1. The molecule has 42 heavy (non-hydrogen) atoms. The van der Waals surface area contributed by atoms with Crippen LogP contribution in [0.2, 0.25) is 0 Å². The van der Waals surface area contributed by atoms with Crippen molar-refractivity contribution in [2.24, 2.45) is 52.3 Å². The van der Waals surface area contributed by atoms with Gasteiger partial charge < -0.3 is 19.7 Å². The molecular weight excluding hydrogens is 554 g/mol. The third-order valence-corrected chi connectivity index (χ3v) is 13.9. The van der Waals surface area contributed by atoms with Crippen molar-refractivity contribution in [3.8, 4) is 5.75 Å². The van der Waals surface area contributed by atoms with E-state index in [1.54, 1.807) is 12.1 Å². The molecule has 0 unspecified atom stereocenters. The fourth-order valence-electron chi connectivity index (χ4n) is 10.5. The van der Waals surface area contributed by atoms with Crippen molar-refractivity contribution in [3.63, 3.8) is 0 Å². The Kier molecular flexibility index (Phi) is 8.96. The molecule has 1 amide bonds. The van der Waals surface area contributed by atoms with Crippen molar-refractivity contribution in [1.82, 2.24) is 4.72 Å². The number of rotatable bonds is 8. The number of amides is 1. The van der Waals surface area contributed by atoms with Gasteiger partial charge in [-0.2, -0.15) is 0 Å². The lowest BCUT2D eigenvalue weighted by Crippen LogP contribution is -2.62. The number of benzene rings is 1. The summed E-state index contributed by atoms with van der Waals surface area (Å²) in [6.07, 6.45) is 7.29. The van der Waals surface area contributed by atoms with Crippen LogP contribution in [0.1, 0.15) is 85.5 Å². The van der Waals surface area contributed by atoms with Crippen LogP contribution in [0.3, 0.4) is 0 Å². The van der Waals surface area contributed by atoms with Gasteiger partial charge in [0, 0.05) is 0 Å². The third-order valence-electron chi connectivity index (χ3n) is 12.5. The molecule has 1 aromatic carbocycles. The van der Waals surface area contributed by atoms with E-state index < -0.39 is 16.1 Å². The average molecular weight is 606 g/mol. The molecule has 0 heterocycles. The lowest BCUT2D eigenvalue weighted by atomic mass is 9.41. The fourth-order valence-corrected chi connectivity index (χ4v) is 11.6. The molecule has 5 rings (SSSR count). The van der Waals surface area contributed by atoms with Gasteiger partial charge in [-0.15, -0.1) is 0 Å². The number of aliphatic hydroxyl groups excluding tert-OH is 2. The van der Waals surface area contributed by atoms with Crippen LogP contribution in [0.4, 0.5) is 4.79 Å². The third kappa shape index (κ3) is 5.36. The second-order valence-electron chi connectivity index (χ2n) is 14.3. The van der Waals surface area contributed by atoms with Gasteiger partial charge >= 0.3 is 6.09 Å². The van der Waals surface area contributed by atoms with E-state index in [2.05, 4.69) is 27.7 Å². The lowest BCUT2D eigenvalue weighted by Gasteiger charge is -2.64. The molecule has 0 spiro atoms. The molecule has 0 radical (unpaired) electrons. The Balaban J connectivity index is 1.22. The summed E-state index contributed by atoms with van der Waals surface area (Å²) in [6, 6.07) is 6.14. The molecule has 4 aliphatic carbocycles. The summed E-state index contributed by atoms with van der Waals surface area (Å²) in [6.45, 7) is 9.46. The van der Waals surface area contributed by atoms with E-state index in [9.17, 15) is 23.4 Å². The van der Waals surface area contributed by atoms with Crippen LogP contribution in [-0.2, 0) is 14.8 Å². The first-order valence-corrected chi connectivity index (χ1v) is 17.5. The molecule has 4 saturated carbocycles. The van der Waals surface area contributed by atoms with Gasteiger partial charge in [-0.1, -0.05) is 46.2 Å². The first kappa shape index (κ1) is 31.6. The van der Waals surface area contributed by atoms with Crippen molar-refractivity contribution >= 4 is 16.1 Å². The van der Waals surface area contributed by atoms with Crippen LogP contribution >= 0.6 is 0 Å². The minimum Gasteiger partial charge on any atom is -0.495 e. The first-order chi connectivity index (χ1) is 19.9. The van der Waals surface area contributed by atoms with E-state index >= 15 is 0 Å². The molecule has 8 nitrogen and oxygen atoms in total. The Morgan fingerprint density at radius 2 is 1.74 bits per heavy atom.